The second kappa shape index (κ2) is 8.75. The van der Waals surface area contributed by atoms with Crippen molar-refractivity contribution < 1.29 is 24.3 Å². The number of hydrogen-bond acceptors (Lipinski definition) is 4. The van der Waals surface area contributed by atoms with Gasteiger partial charge in [-0.1, -0.05) is 28.1 Å². The average Bonchev–Trinajstić information content (AvgIpc) is 3.05. The molecule has 1 fully saturated rings. The van der Waals surface area contributed by atoms with Gasteiger partial charge in [-0.05, 0) is 74.4 Å². The summed E-state index contributed by atoms with van der Waals surface area (Å²) in [7, 11) is 0. The number of barbiturate groups is 1. The van der Waals surface area contributed by atoms with Crippen molar-refractivity contribution in [3.05, 3.63) is 86.7 Å². The molecule has 0 radical (unpaired) electrons. The maximum atomic E-state index is 13.3. The lowest BCUT2D eigenvalue weighted by Gasteiger charge is -2.27. The number of urea groups is 1. The van der Waals surface area contributed by atoms with Crippen LogP contribution in [0.25, 0.3) is 11.8 Å². The highest BCUT2D eigenvalue weighted by Gasteiger charge is 2.37. The number of carboxylic acid groups (broad SMARTS) is 1. The number of imide groups is 2. The molecule has 0 atom stereocenters. The van der Waals surface area contributed by atoms with Crippen LogP contribution < -0.4 is 10.2 Å². The molecule has 2 heterocycles. The van der Waals surface area contributed by atoms with Crippen LogP contribution in [0.1, 0.15) is 32.9 Å². The third-order valence-electron chi connectivity index (χ3n) is 5.65. The topological polar surface area (TPSA) is 109 Å². The number of carboxylic acids is 1. The summed E-state index contributed by atoms with van der Waals surface area (Å²) >= 11 is 3.36. The molecule has 1 aliphatic rings. The quantitative estimate of drug-likeness (QED) is 0.387. The maximum Gasteiger partial charge on any atom is 0.337 e. The van der Waals surface area contributed by atoms with Gasteiger partial charge in [0.05, 0.1) is 16.9 Å². The Morgan fingerprint density at radius 3 is 2.38 bits per heavy atom. The van der Waals surface area contributed by atoms with Crippen LogP contribution >= 0.6 is 15.9 Å². The molecule has 34 heavy (non-hydrogen) atoms. The van der Waals surface area contributed by atoms with Crippen LogP contribution in [0, 0.1) is 20.8 Å². The van der Waals surface area contributed by atoms with Crippen molar-refractivity contribution >= 4 is 51.5 Å². The number of hydrogen-bond donors (Lipinski definition) is 2. The van der Waals surface area contributed by atoms with E-state index in [1.807, 2.05) is 0 Å². The minimum Gasteiger partial charge on any atom is -0.478 e. The fraction of sp³-hybridized carbons (Fsp3) is 0.120. The number of amides is 4. The molecule has 0 spiro atoms. The minimum absolute atomic E-state index is 0.123. The minimum atomic E-state index is -1.07. The van der Waals surface area contributed by atoms with Crippen LogP contribution in [0.5, 0.6) is 0 Å². The van der Waals surface area contributed by atoms with Crippen molar-refractivity contribution in [2.45, 2.75) is 20.8 Å². The zero-order chi connectivity index (χ0) is 24.7. The van der Waals surface area contributed by atoms with Crippen LogP contribution in [0.3, 0.4) is 0 Å². The number of aryl methyl sites for hydroxylation is 2. The van der Waals surface area contributed by atoms with E-state index >= 15 is 0 Å². The number of benzene rings is 2. The Morgan fingerprint density at radius 1 is 1.00 bits per heavy atom. The number of aromatic carboxylic acids is 1. The number of nitrogens with zero attached hydrogens (tertiary/aromatic N) is 2. The van der Waals surface area contributed by atoms with Crippen molar-refractivity contribution in [2.75, 3.05) is 4.90 Å². The predicted molar refractivity (Wildman–Crippen MR) is 130 cm³/mol. The average molecular weight is 522 g/mol. The number of rotatable bonds is 4. The van der Waals surface area contributed by atoms with Crippen molar-refractivity contribution in [3.8, 4) is 5.69 Å². The molecule has 1 aromatic heterocycles. The molecule has 172 valence electrons. The van der Waals surface area contributed by atoms with Gasteiger partial charge < -0.3 is 9.67 Å². The number of carbonyl (C=O) groups is 4. The van der Waals surface area contributed by atoms with E-state index < -0.39 is 23.8 Å². The van der Waals surface area contributed by atoms with Crippen LogP contribution in [0.4, 0.5) is 10.5 Å². The Balaban J connectivity index is 1.81. The first-order valence-corrected chi connectivity index (χ1v) is 11.1. The van der Waals surface area contributed by atoms with E-state index in [1.165, 1.54) is 12.1 Å². The second-order valence-corrected chi connectivity index (χ2v) is 8.79. The Kier molecular flexibility index (Phi) is 5.97. The maximum absolute atomic E-state index is 13.3. The van der Waals surface area contributed by atoms with Gasteiger partial charge >= 0.3 is 12.0 Å². The first-order valence-electron chi connectivity index (χ1n) is 10.3. The highest BCUT2D eigenvalue weighted by molar-refractivity contribution is 9.10. The number of aromatic nitrogens is 1. The molecule has 1 saturated heterocycles. The van der Waals surface area contributed by atoms with Gasteiger partial charge in [-0.15, -0.1) is 0 Å². The van der Waals surface area contributed by atoms with E-state index in [2.05, 4.69) is 21.2 Å². The van der Waals surface area contributed by atoms with Crippen LogP contribution in [0.15, 0.2) is 58.6 Å². The zero-order valence-electron chi connectivity index (χ0n) is 18.5. The molecule has 4 rings (SSSR count). The predicted octanol–water partition coefficient (Wildman–Crippen LogP) is 4.53. The normalized spacial score (nSPS) is 15.1. The molecule has 2 N–H and O–H groups in total. The smallest absolute Gasteiger partial charge is 0.337 e. The van der Waals surface area contributed by atoms with E-state index in [0.29, 0.717) is 28.2 Å². The molecule has 2 aromatic carbocycles. The molecule has 0 aliphatic carbocycles. The highest BCUT2D eigenvalue weighted by atomic mass is 79.9. The van der Waals surface area contributed by atoms with Gasteiger partial charge in [-0.3, -0.25) is 14.9 Å². The van der Waals surface area contributed by atoms with Crippen LogP contribution in [0.2, 0.25) is 0 Å². The second-order valence-electron chi connectivity index (χ2n) is 7.87. The lowest BCUT2D eigenvalue weighted by atomic mass is 10.1. The summed E-state index contributed by atoms with van der Waals surface area (Å²) in [6.07, 6.45) is 1.42. The van der Waals surface area contributed by atoms with Gasteiger partial charge in [-0.2, -0.15) is 0 Å². The number of carbonyl (C=O) groups excluding carboxylic acids is 3. The summed E-state index contributed by atoms with van der Waals surface area (Å²) in [6, 6.07) is 12.6. The van der Waals surface area contributed by atoms with Crippen molar-refractivity contribution in [3.63, 3.8) is 0 Å². The Bertz CT molecular complexity index is 1420. The van der Waals surface area contributed by atoms with E-state index in [4.69, 9.17) is 0 Å². The van der Waals surface area contributed by atoms with Crippen molar-refractivity contribution in [1.29, 1.82) is 0 Å². The van der Waals surface area contributed by atoms with E-state index in [-0.39, 0.29) is 11.1 Å². The zero-order valence-corrected chi connectivity index (χ0v) is 20.1. The third-order valence-corrected chi connectivity index (χ3v) is 6.14. The van der Waals surface area contributed by atoms with Crippen LogP contribution in [-0.2, 0) is 9.59 Å². The van der Waals surface area contributed by atoms with Gasteiger partial charge in [-0.25, -0.2) is 14.5 Å². The monoisotopic (exact) mass is 521 g/mol. The highest BCUT2D eigenvalue weighted by Crippen LogP contribution is 2.29. The summed E-state index contributed by atoms with van der Waals surface area (Å²) in [4.78, 5) is 51.1. The van der Waals surface area contributed by atoms with Gasteiger partial charge in [0, 0.05) is 15.9 Å². The van der Waals surface area contributed by atoms with E-state index in [9.17, 15) is 24.3 Å². The molecule has 0 bridgehead atoms. The van der Waals surface area contributed by atoms with Gasteiger partial charge in [0.1, 0.15) is 5.57 Å². The lowest BCUT2D eigenvalue weighted by molar-refractivity contribution is -0.122. The van der Waals surface area contributed by atoms with Crippen LogP contribution in [-0.4, -0.2) is 33.5 Å². The van der Waals surface area contributed by atoms with Crippen molar-refractivity contribution in [2.24, 2.45) is 0 Å². The summed E-state index contributed by atoms with van der Waals surface area (Å²) < 4.78 is 2.54. The standard InChI is InChI=1S/C25H20BrN3O5/c1-13-10-17(26)8-9-20(13)29-23(31)19(22(30)27-25(29)34)12-16-11-14(2)28(15(16)3)21-7-5-4-6-18(21)24(32)33/h4-12H,1-3H3,(H,32,33)(H,27,30,34)/b19-12+. The lowest BCUT2D eigenvalue weighted by Crippen LogP contribution is -2.54. The molecular weight excluding hydrogens is 502 g/mol. The van der Waals surface area contributed by atoms with Crippen molar-refractivity contribution in [1.82, 2.24) is 9.88 Å². The molecule has 0 unspecified atom stereocenters. The molecule has 9 heteroatoms. The Labute approximate surface area is 203 Å². The summed E-state index contributed by atoms with van der Waals surface area (Å²) in [5, 5.41) is 11.8. The first-order chi connectivity index (χ1) is 16.1. The summed E-state index contributed by atoms with van der Waals surface area (Å²) in [5.74, 6) is -2.60. The first kappa shape index (κ1) is 23.2. The van der Waals surface area contributed by atoms with Gasteiger partial charge in [0.15, 0.2) is 0 Å². The number of para-hydroxylation sites is 1. The third kappa shape index (κ3) is 3.94. The Hall–Kier alpha value is -3.98. The SMILES string of the molecule is Cc1cc(Br)ccc1N1C(=O)NC(=O)/C(=C\c2cc(C)n(-c3ccccc3C(=O)O)c2C)C1=O. The molecule has 8 nitrogen and oxygen atoms in total. The summed E-state index contributed by atoms with van der Waals surface area (Å²) in [5.41, 5.74) is 3.35. The molecule has 0 saturated carbocycles. The van der Waals surface area contributed by atoms with Gasteiger partial charge in [0.2, 0.25) is 0 Å². The number of anilines is 1. The fourth-order valence-corrected chi connectivity index (χ4v) is 4.53. The number of nitrogens with one attached hydrogen (secondary N) is 1. The molecule has 4 amide bonds. The molecular formula is C25H20BrN3O5. The molecule has 1 aliphatic heterocycles. The van der Waals surface area contributed by atoms with E-state index in [1.54, 1.807) is 67.8 Å². The van der Waals surface area contributed by atoms with E-state index in [0.717, 1.165) is 15.1 Å². The largest absolute Gasteiger partial charge is 0.478 e. The molecule has 3 aromatic rings. The number of halogens is 1. The van der Waals surface area contributed by atoms with Gasteiger partial charge in [0.25, 0.3) is 11.8 Å². The summed E-state index contributed by atoms with van der Waals surface area (Å²) in [6.45, 7) is 5.33. The Morgan fingerprint density at radius 2 is 1.71 bits per heavy atom. The fourth-order valence-electron chi connectivity index (χ4n) is 4.06.